The Labute approximate surface area is 250 Å². The Morgan fingerprint density at radius 3 is 2.30 bits per heavy atom. The standard InChI is InChI=1S/C33H38F2N6O2/c1-2-3-24(16-19-42)30-20-29(36-22-37-30)13-4-23-14-17-40(18-15-23)31(43)21-41-33(26-7-11-28(35)12-8-26)38-32(39-41)25-5-9-27(34)10-6-25/h5-12,20,22-24,42H,2-4,13-19,21H2,1H3. The molecule has 0 radical (unpaired) electrons. The van der Waals surface area contributed by atoms with E-state index in [1.54, 1.807) is 35.3 Å². The number of aryl methyl sites for hydroxylation is 1. The van der Waals surface area contributed by atoms with E-state index in [9.17, 15) is 18.7 Å². The van der Waals surface area contributed by atoms with E-state index in [-0.39, 0.29) is 36.6 Å². The highest BCUT2D eigenvalue weighted by Crippen LogP contribution is 2.27. The van der Waals surface area contributed by atoms with Crippen molar-refractivity contribution in [1.82, 2.24) is 29.6 Å². The van der Waals surface area contributed by atoms with Crippen molar-refractivity contribution in [2.24, 2.45) is 5.92 Å². The average Bonchev–Trinajstić information content (AvgIpc) is 3.44. The number of benzene rings is 2. The number of hydrogen-bond donors (Lipinski definition) is 1. The van der Waals surface area contributed by atoms with Crippen LogP contribution in [0.1, 0.15) is 62.8 Å². The molecule has 226 valence electrons. The van der Waals surface area contributed by atoms with Crippen LogP contribution in [0.15, 0.2) is 60.9 Å². The van der Waals surface area contributed by atoms with Crippen LogP contribution >= 0.6 is 0 Å². The van der Waals surface area contributed by atoms with E-state index in [0.717, 1.165) is 49.9 Å². The van der Waals surface area contributed by atoms with Crippen molar-refractivity contribution >= 4 is 5.91 Å². The van der Waals surface area contributed by atoms with Crippen molar-refractivity contribution in [3.8, 4) is 22.8 Å². The lowest BCUT2D eigenvalue weighted by Crippen LogP contribution is -2.40. The molecule has 0 spiro atoms. The summed E-state index contributed by atoms with van der Waals surface area (Å²) in [6.07, 6.45) is 8.07. The molecule has 1 atom stereocenters. The molecule has 2 aromatic heterocycles. The lowest BCUT2D eigenvalue weighted by atomic mass is 9.90. The Bertz CT molecular complexity index is 1480. The number of carbonyl (C=O) groups excluding carboxylic acids is 1. The van der Waals surface area contributed by atoms with Crippen LogP contribution < -0.4 is 0 Å². The molecule has 1 saturated heterocycles. The summed E-state index contributed by atoms with van der Waals surface area (Å²) < 4.78 is 28.6. The van der Waals surface area contributed by atoms with Gasteiger partial charge in [-0.15, -0.1) is 5.10 Å². The molecule has 8 nitrogen and oxygen atoms in total. The fourth-order valence-corrected chi connectivity index (χ4v) is 5.76. The van der Waals surface area contributed by atoms with Gasteiger partial charge in [0.1, 0.15) is 24.5 Å². The van der Waals surface area contributed by atoms with Crippen molar-refractivity contribution in [3.05, 3.63) is 83.9 Å². The Hall–Kier alpha value is -4.05. The SMILES string of the molecule is CCCC(CCO)c1cc(CCC2CCN(C(=O)Cn3nc(-c4ccc(F)cc4)nc3-c3ccc(F)cc3)CC2)ncn1. The van der Waals surface area contributed by atoms with Crippen molar-refractivity contribution in [3.63, 3.8) is 0 Å². The molecule has 43 heavy (non-hydrogen) atoms. The number of carbonyl (C=O) groups is 1. The number of likely N-dealkylation sites (tertiary alicyclic amines) is 1. The van der Waals surface area contributed by atoms with Gasteiger partial charge in [0.2, 0.25) is 5.91 Å². The van der Waals surface area contributed by atoms with E-state index in [0.29, 0.717) is 48.2 Å². The van der Waals surface area contributed by atoms with Crippen LogP contribution in [0.2, 0.25) is 0 Å². The monoisotopic (exact) mass is 588 g/mol. The largest absolute Gasteiger partial charge is 0.396 e. The number of rotatable bonds is 12. The van der Waals surface area contributed by atoms with Gasteiger partial charge in [-0.1, -0.05) is 13.3 Å². The molecule has 0 saturated carbocycles. The van der Waals surface area contributed by atoms with Crippen molar-refractivity contribution in [1.29, 1.82) is 0 Å². The fourth-order valence-electron chi connectivity index (χ4n) is 5.76. The Kier molecular flexibility index (Phi) is 10.2. The predicted molar refractivity (Wildman–Crippen MR) is 160 cm³/mol. The third kappa shape index (κ3) is 7.87. The third-order valence-corrected chi connectivity index (χ3v) is 8.22. The summed E-state index contributed by atoms with van der Waals surface area (Å²) in [7, 11) is 0. The van der Waals surface area contributed by atoms with Gasteiger partial charge in [-0.25, -0.2) is 28.4 Å². The second kappa shape index (κ2) is 14.4. The van der Waals surface area contributed by atoms with E-state index in [1.807, 2.05) is 4.90 Å². The van der Waals surface area contributed by atoms with Crippen LogP contribution in [0.25, 0.3) is 22.8 Å². The first-order valence-electron chi connectivity index (χ1n) is 15.1. The molecule has 1 unspecified atom stereocenters. The van der Waals surface area contributed by atoms with Crippen LogP contribution in [0, 0.1) is 17.6 Å². The molecule has 0 bridgehead atoms. The summed E-state index contributed by atoms with van der Waals surface area (Å²) in [6, 6.07) is 13.9. The summed E-state index contributed by atoms with van der Waals surface area (Å²) in [5, 5.41) is 14.0. The van der Waals surface area contributed by atoms with Crippen LogP contribution in [-0.2, 0) is 17.8 Å². The molecular formula is C33H38F2N6O2. The molecule has 1 aliphatic heterocycles. The van der Waals surface area contributed by atoms with E-state index in [1.165, 1.54) is 24.3 Å². The fraction of sp³-hybridized carbons (Fsp3) is 0.424. The third-order valence-electron chi connectivity index (χ3n) is 8.22. The summed E-state index contributed by atoms with van der Waals surface area (Å²) in [4.78, 5) is 28.8. The van der Waals surface area contributed by atoms with Crippen molar-refractivity contribution in [2.45, 2.75) is 64.3 Å². The first-order chi connectivity index (χ1) is 20.9. The number of aromatic nitrogens is 5. The van der Waals surface area contributed by atoms with Gasteiger partial charge in [-0.3, -0.25) is 4.79 Å². The quantitative estimate of drug-likeness (QED) is 0.224. The maximum absolute atomic E-state index is 13.6. The van der Waals surface area contributed by atoms with Crippen molar-refractivity contribution < 1.29 is 18.7 Å². The second-order valence-corrected chi connectivity index (χ2v) is 11.2. The number of halogens is 2. The Morgan fingerprint density at radius 2 is 1.65 bits per heavy atom. The van der Waals surface area contributed by atoms with Gasteiger partial charge in [0.15, 0.2) is 11.6 Å². The minimum Gasteiger partial charge on any atom is -0.396 e. The Balaban J connectivity index is 1.20. The summed E-state index contributed by atoms with van der Waals surface area (Å²) in [5.41, 5.74) is 3.30. The highest BCUT2D eigenvalue weighted by Gasteiger charge is 2.25. The van der Waals surface area contributed by atoms with Gasteiger partial charge in [0, 0.05) is 48.1 Å². The summed E-state index contributed by atoms with van der Waals surface area (Å²) in [5.74, 6) is 0.798. The highest BCUT2D eigenvalue weighted by molar-refractivity contribution is 5.77. The average molecular weight is 589 g/mol. The predicted octanol–water partition coefficient (Wildman–Crippen LogP) is 5.82. The molecule has 1 fully saturated rings. The first-order valence-corrected chi connectivity index (χ1v) is 15.1. The zero-order valence-electron chi connectivity index (χ0n) is 24.5. The molecule has 0 aliphatic carbocycles. The number of piperidine rings is 1. The molecule has 10 heteroatoms. The molecule has 4 aromatic rings. The van der Waals surface area contributed by atoms with E-state index in [2.05, 4.69) is 33.0 Å². The Morgan fingerprint density at radius 1 is 0.977 bits per heavy atom. The number of hydrogen-bond acceptors (Lipinski definition) is 6. The van der Waals surface area contributed by atoms with E-state index in [4.69, 9.17) is 0 Å². The molecular weight excluding hydrogens is 550 g/mol. The van der Waals surface area contributed by atoms with Crippen LogP contribution in [0.5, 0.6) is 0 Å². The van der Waals surface area contributed by atoms with Gasteiger partial charge in [0.25, 0.3) is 0 Å². The lowest BCUT2D eigenvalue weighted by Gasteiger charge is -2.32. The van der Waals surface area contributed by atoms with E-state index < -0.39 is 0 Å². The van der Waals surface area contributed by atoms with Gasteiger partial charge < -0.3 is 10.0 Å². The normalized spacial score (nSPS) is 14.7. The molecule has 2 aromatic carbocycles. The molecule has 5 rings (SSSR count). The topological polar surface area (TPSA) is 97.0 Å². The second-order valence-electron chi connectivity index (χ2n) is 11.2. The molecule has 1 N–H and O–H groups in total. The number of nitrogens with zero attached hydrogens (tertiary/aromatic N) is 6. The smallest absolute Gasteiger partial charge is 0.244 e. The number of aliphatic hydroxyl groups is 1. The van der Waals surface area contributed by atoms with Gasteiger partial charge in [-0.05, 0) is 99.0 Å². The minimum atomic E-state index is -0.366. The molecule has 3 heterocycles. The zero-order chi connectivity index (χ0) is 30.2. The zero-order valence-corrected chi connectivity index (χ0v) is 24.5. The molecule has 1 aliphatic rings. The molecule has 1 amide bonds. The van der Waals surface area contributed by atoms with Gasteiger partial charge >= 0.3 is 0 Å². The maximum Gasteiger partial charge on any atom is 0.244 e. The number of aliphatic hydroxyl groups excluding tert-OH is 1. The van der Waals surface area contributed by atoms with Crippen LogP contribution in [0.3, 0.4) is 0 Å². The van der Waals surface area contributed by atoms with Gasteiger partial charge in [-0.2, -0.15) is 0 Å². The number of amides is 1. The highest BCUT2D eigenvalue weighted by atomic mass is 19.1. The minimum absolute atomic E-state index is 0.00203. The summed E-state index contributed by atoms with van der Waals surface area (Å²) >= 11 is 0. The maximum atomic E-state index is 13.6. The lowest BCUT2D eigenvalue weighted by molar-refractivity contribution is -0.133. The van der Waals surface area contributed by atoms with E-state index >= 15 is 0 Å². The first kappa shape index (κ1) is 30.4. The van der Waals surface area contributed by atoms with Gasteiger partial charge in [0.05, 0.1) is 0 Å². The van der Waals surface area contributed by atoms with Crippen molar-refractivity contribution in [2.75, 3.05) is 19.7 Å². The van der Waals surface area contributed by atoms with Crippen LogP contribution in [-0.4, -0.2) is 60.3 Å². The van der Waals surface area contributed by atoms with Crippen LogP contribution in [0.4, 0.5) is 8.78 Å². The summed E-state index contributed by atoms with van der Waals surface area (Å²) in [6.45, 7) is 3.63.